The number of hydrogen-bond donors (Lipinski definition) is 1. The largest absolute Gasteiger partial charge is 0.463 e. The number of nitrogens with two attached hydrogens (primary N) is 1. The van der Waals surface area contributed by atoms with E-state index in [1.54, 1.807) is 0 Å². The van der Waals surface area contributed by atoms with Crippen LogP contribution >= 0.6 is 0 Å². The lowest BCUT2D eigenvalue weighted by Gasteiger charge is -1.97. The van der Waals surface area contributed by atoms with Crippen LogP contribution in [-0.4, -0.2) is 16.2 Å². The van der Waals surface area contributed by atoms with Crippen LogP contribution in [-0.2, 0) is 6.54 Å². The number of fused-ring (bicyclic) bond motifs is 1. The standard InChI is InChI=1S/C8H11N3O/c9-7-6(5-1-2-5)10-8-11(7)3-4-12-8/h5H,1-4,9H2. The number of ether oxygens (including phenoxy) is 1. The van der Waals surface area contributed by atoms with Gasteiger partial charge in [-0.15, -0.1) is 0 Å². The first-order valence-corrected chi connectivity index (χ1v) is 4.35. The lowest BCUT2D eigenvalue weighted by molar-refractivity contribution is 0.344. The Morgan fingerprint density at radius 1 is 1.50 bits per heavy atom. The molecule has 0 saturated heterocycles. The molecule has 0 bridgehead atoms. The van der Waals surface area contributed by atoms with E-state index >= 15 is 0 Å². The molecule has 0 radical (unpaired) electrons. The summed E-state index contributed by atoms with van der Waals surface area (Å²) in [6.07, 6.45) is 2.47. The molecule has 0 unspecified atom stereocenters. The number of hydrogen-bond acceptors (Lipinski definition) is 3. The van der Waals surface area contributed by atoms with Crippen molar-refractivity contribution in [3.63, 3.8) is 0 Å². The predicted molar refractivity (Wildman–Crippen MR) is 44.1 cm³/mol. The topological polar surface area (TPSA) is 53.1 Å². The second-order valence-corrected chi connectivity index (χ2v) is 3.44. The van der Waals surface area contributed by atoms with Crippen LogP contribution in [0.1, 0.15) is 24.5 Å². The van der Waals surface area contributed by atoms with Crippen LogP contribution in [0.15, 0.2) is 0 Å². The van der Waals surface area contributed by atoms with Crippen molar-refractivity contribution in [2.75, 3.05) is 12.3 Å². The molecule has 1 saturated carbocycles. The molecule has 12 heavy (non-hydrogen) atoms. The molecule has 1 fully saturated rings. The van der Waals surface area contributed by atoms with E-state index in [9.17, 15) is 0 Å². The van der Waals surface area contributed by atoms with Crippen LogP contribution in [0.25, 0.3) is 0 Å². The van der Waals surface area contributed by atoms with Crippen molar-refractivity contribution in [1.29, 1.82) is 0 Å². The van der Waals surface area contributed by atoms with Crippen molar-refractivity contribution in [3.05, 3.63) is 5.69 Å². The fourth-order valence-electron chi connectivity index (χ4n) is 1.67. The Kier molecular flexibility index (Phi) is 1.03. The highest BCUT2D eigenvalue weighted by Crippen LogP contribution is 2.43. The highest BCUT2D eigenvalue weighted by Gasteiger charge is 2.32. The first kappa shape index (κ1) is 6.34. The molecule has 1 aliphatic carbocycles. The smallest absolute Gasteiger partial charge is 0.298 e. The fourth-order valence-corrected chi connectivity index (χ4v) is 1.67. The monoisotopic (exact) mass is 165 g/mol. The zero-order valence-corrected chi connectivity index (χ0v) is 6.79. The number of nitrogen functional groups attached to an aromatic ring is 1. The molecule has 1 aromatic heterocycles. The Hall–Kier alpha value is -1.19. The van der Waals surface area contributed by atoms with Gasteiger partial charge in [-0.1, -0.05) is 0 Å². The molecule has 1 aromatic rings. The highest BCUT2D eigenvalue weighted by molar-refractivity contribution is 5.44. The van der Waals surface area contributed by atoms with E-state index in [4.69, 9.17) is 10.5 Å². The minimum atomic E-state index is 0.617. The van der Waals surface area contributed by atoms with Gasteiger partial charge < -0.3 is 10.5 Å². The van der Waals surface area contributed by atoms with Gasteiger partial charge in [-0.25, -0.2) is 0 Å². The zero-order valence-electron chi connectivity index (χ0n) is 6.79. The third-order valence-electron chi connectivity index (χ3n) is 2.51. The zero-order chi connectivity index (χ0) is 8.13. The quantitative estimate of drug-likeness (QED) is 0.667. The average molecular weight is 165 g/mol. The van der Waals surface area contributed by atoms with Crippen molar-refractivity contribution >= 4 is 5.82 Å². The molecule has 2 heterocycles. The van der Waals surface area contributed by atoms with E-state index in [0.29, 0.717) is 5.92 Å². The van der Waals surface area contributed by atoms with Gasteiger partial charge in [0.2, 0.25) is 0 Å². The summed E-state index contributed by atoms with van der Waals surface area (Å²) in [6, 6.07) is 0.717. The number of rotatable bonds is 1. The second kappa shape index (κ2) is 1.94. The molecule has 0 spiro atoms. The molecule has 64 valence electrons. The molecular formula is C8H11N3O. The minimum absolute atomic E-state index is 0.617. The molecule has 4 heteroatoms. The Morgan fingerprint density at radius 2 is 2.33 bits per heavy atom. The van der Waals surface area contributed by atoms with Crippen LogP contribution in [0.4, 0.5) is 5.82 Å². The normalized spacial score (nSPS) is 20.7. The van der Waals surface area contributed by atoms with Gasteiger partial charge >= 0.3 is 0 Å². The SMILES string of the molecule is Nc1c(C2CC2)nc2n1CCO2. The lowest BCUT2D eigenvalue weighted by Crippen LogP contribution is -2.01. The molecule has 0 amide bonds. The van der Waals surface area contributed by atoms with Gasteiger partial charge in [0.1, 0.15) is 12.4 Å². The molecule has 1 aliphatic heterocycles. The first-order chi connectivity index (χ1) is 5.86. The predicted octanol–water partition coefficient (Wildman–Crippen LogP) is 0.735. The molecule has 2 N–H and O–H groups in total. The van der Waals surface area contributed by atoms with Gasteiger partial charge in [0, 0.05) is 5.92 Å². The Balaban J connectivity index is 2.10. The lowest BCUT2D eigenvalue weighted by atomic mass is 10.3. The summed E-state index contributed by atoms with van der Waals surface area (Å²) in [7, 11) is 0. The van der Waals surface area contributed by atoms with Crippen molar-refractivity contribution in [2.45, 2.75) is 25.3 Å². The summed E-state index contributed by atoms with van der Waals surface area (Å²) in [5.74, 6) is 1.44. The van der Waals surface area contributed by atoms with Crippen molar-refractivity contribution in [3.8, 4) is 6.01 Å². The summed E-state index contributed by atoms with van der Waals surface area (Å²) in [5, 5.41) is 0. The van der Waals surface area contributed by atoms with Crippen molar-refractivity contribution in [1.82, 2.24) is 9.55 Å². The second-order valence-electron chi connectivity index (χ2n) is 3.44. The number of imidazole rings is 1. The summed E-state index contributed by atoms with van der Waals surface area (Å²) in [5.41, 5.74) is 6.98. The Morgan fingerprint density at radius 3 is 3.00 bits per heavy atom. The summed E-state index contributed by atoms with van der Waals surface area (Å²) < 4.78 is 7.28. The number of anilines is 1. The first-order valence-electron chi connectivity index (χ1n) is 4.35. The molecule has 0 aromatic carbocycles. The van der Waals surface area contributed by atoms with E-state index in [1.807, 2.05) is 4.57 Å². The summed E-state index contributed by atoms with van der Waals surface area (Å²) >= 11 is 0. The maximum Gasteiger partial charge on any atom is 0.298 e. The van der Waals surface area contributed by atoms with E-state index in [1.165, 1.54) is 12.8 Å². The Labute approximate surface area is 70.3 Å². The van der Waals surface area contributed by atoms with Gasteiger partial charge in [-0.3, -0.25) is 4.57 Å². The van der Waals surface area contributed by atoms with Crippen LogP contribution in [0.5, 0.6) is 6.01 Å². The fraction of sp³-hybridized carbons (Fsp3) is 0.625. The van der Waals surface area contributed by atoms with E-state index in [2.05, 4.69) is 4.98 Å². The Bertz CT molecular complexity index is 327. The molecule has 2 aliphatic rings. The molecule has 4 nitrogen and oxygen atoms in total. The van der Waals surface area contributed by atoms with E-state index in [0.717, 1.165) is 30.7 Å². The summed E-state index contributed by atoms with van der Waals surface area (Å²) in [6.45, 7) is 1.58. The maximum absolute atomic E-state index is 5.92. The highest BCUT2D eigenvalue weighted by atomic mass is 16.5. The van der Waals surface area contributed by atoms with Crippen LogP contribution in [0.3, 0.4) is 0 Å². The van der Waals surface area contributed by atoms with Gasteiger partial charge in [-0.2, -0.15) is 4.98 Å². The molecule has 3 rings (SSSR count). The van der Waals surface area contributed by atoms with Crippen molar-refractivity contribution < 1.29 is 4.74 Å². The van der Waals surface area contributed by atoms with Crippen LogP contribution in [0, 0.1) is 0 Å². The number of nitrogens with zero attached hydrogens (tertiary/aromatic N) is 2. The average Bonchev–Trinajstić information content (AvgIpc) is 2.71. The minimum Gasteiger partial charge on any atom is -0.463 e. The van der Waals surface area contributed by atoms with Gasteiger partial charge in [-0.05, 0) is 12.8 Å². The third kappa shape index (κ3) is 0.695. The van der Waals surface area contributed by atoms with Crippen molar-refractivity contribution in [2.24, 2.45) is 0 Å². The van der Waals surface area contributed by atoms with Crippen LogP contribution < -0.4 is 10.5 Å². The van der Waals surface area contributed by atoms with Gasteiger partial charge in [0.05, 0.1) is 12.2 Å². The van der Waals surface area contributed by atoms with Gasteiger partial charge in [0.15, 0.2) is 0 Å². The number of aromatic nitrogens is 2. The third-order valence-corrected chi connectivity index (χ3v) is 2.51. The van der Waals surface area contributed by atoms with Crippen LogP contribution in [0.2, 0.25) is 0 Å². The summed E-state index contributed by atoms with van der Waals surface area (Å²) in [4.78, 5) is 4.37. The molecular weight excluding hydrogens is 154 g/mol. The van der Waals surface area contributed by atoms with E-state index in [-0.39, 0.29) is 0 Å². The van der Waals surface area contributed by atoms with E-state index < -0.39 is 0 Å². The molecule has 0 atom stereocenters. The van der Waals surface area contributed by atoms with Gasteiger partial charge in [0.25, 0.3) is 6.01 Å². The maximum atomic E-state index is 5.92.